The molecule has 0 spiro atoms. The number of ether oxygens (including phenoxy) is 1. The van der Waals surface area contributed by atoms with Gasteiger partial charge in [-0.05, 0) is 35.4 Å². The maximum atomic E-state index is 10.9. The molecule has 2 aromatic rings. The summed E-state index contributed by atoms with van der Waals surface area (Å²) in [6, 6.07) is 13.3. The molecule has 134 valence electrons. The molecule has 3 rings (SSSR count). The molecule has 1 saturated heterocycles. The molecular weight excluding hydrogens is 359 g/mol. The minimum atomic E-state index is -0.719. The number of aliphatic hydroxyl groups excluding tert-OH is 1. The van der Waals surface area contributed by atoms with Crippen molar-refractivity contribution in [3.05, 3.63) is 63.6 Å². The summed E-state index contributed by atoms with van der Waals surface area (Å²) in [5.74, 6) is -0.255. The van der Waals surface area contributed by atoms with E-state index in [9.17, 15) is 5.11 Å². The second-order valence-electron chi connectivity index (χ2n) is 6.15. The summed E-state index contributed by atoms with van der Waals surface area (Å²) in [7, 11) is 0. The van der Waals surface area contributed by atoms with Gasteiger partial charge in [0.25, 0.3) is 0 Å². The van der Waals surface area contributed by atoms with E-state index < -0.39 is 6.10 Å². The number of hydrogen-bond donors (Lipinski definition) is 2. The number of nitrogens with zero attached hydrogens (tertiary/aromatic N) is 1. The van der Waals surface area contributed by atoms with Crippen molar-refractivity contribution in [1.82, 2.24) is 0 Å². The van der Waals surface area contributed by atoms with Crippen LogP contribution in [0, 0.1) is 0 Å². The molecule has 0 aromatic heterocycles. The molecule has 0 radical (unpaired) electrons. The molecule has 25 heavy (non-hydrogen) atoms. The first kappa shape index (κ1) is 18.5. The first-order chi connectivity index (χ1) is 12.1. The lowest BCUT2D eigenvalue weighted by atomic mass is 9.89. The molecule has 1 aliphatic rings. The average Bonchev–Trinajstić information content (AvgIpc) is 2.66. The van der Waals surface area contributed by atoms with Gasteiger partial charge in [0.05, 0.1) is 29.4 Å². The first-order valence-corrected chi connectivity index (χ1v) is 9.11. The monoisotopic (exact) mass is 380 g/mol. The largest absolute Gasteiger partial charge is 0.388 e. The van der Waals surface area contributed by atoms with Gasteiger partial charge in [0, 0.05) is 31.2 Å². The highest BCUT2D eigenvalue weighted by molar-refractivity contribution is 6.42. The number of morpholine rings is 1. The minimum Gasteiger partial charge on any atom is -0.388 e. The summed E-state index contributed by atoms with van der Waals surface area (Å²) in [5.41, 5.74) is 8.75. The fourth-order valence-corrected chi connectivity index (χ4v) is 3.46. The maximum Gasteiger partial charge on any atom is 0.0871 e. The SMILES string of the molecule is NCC(c1ccc(Cl)c(Cl)c1)C(O)c1cccc(N2CCOCC2)c1. The van der Waals surface area contributed by atoms with E-state index in [4.69, 9.17) is 33.7 Å². The molecule has 1 aliphatic heterocycles. The number of anilines is 1. The summed E-state index contributed by atoms with van der Waals surface area (Å²) >= 11 is 12.1. The van der Waals surface area contributed by atoms with Crippen LogP contribution in [0.4, 0.5) is 5.69 Å². The van der Waals surface area contributed by atoms with Gasteiger partial charge in [0.15, 0.2) is 0 Å². The second-order valence-corrected chi connectivity index (χ2v) is 6.97. The van der Waals surface area contributed by atoms with Gasteiger partial charge in [0.1, 0.15) is 0 Å². The zero-order valence-corrected chi connectivity index (χ0v) is 15.4. The Hall–Kier alpha value is -1.30. The molecule has 0 amide bonds. The Morgan fingerprint density at radius 1 is 1.04 bits per heavy atom. The fraction of sp³-hybridized carbons (Fsp3) is 0.368. The van der Waals surface area contributed by atoms with Crippen molar-refractivity contribution in [2.45, 2.75) is 12.0 Å². The summed E-state index contributed by atoms with van der Waals surface area (Å²) in [4.78, 5) is 2.26. The molecule has 1 fully saturated rings. The Morgan fingerprint density at radius 3 is 2.48 bits per heavy atom. The van der Waals surface area contributed by atoms with E-state index in [1.807, 2.05) is 24.3 Å². The van der Waals surface area contributed by atoms with Crippen molar-refractivity contribution in [3.63, 3.8) is 0 Å². The molecule has 2 aromatic carbocycles. The van der Waals surface area contributed by atoms with Crippen molar-refractivity contribution in [1.29, 1.82) is 0 Å². The van der Waals surface area contributed by atoms with Gasteiger partial charge in [-0.3, -0.25) is 0 Å². The molecule has 3 N–H and O–H groups in total. The van der Waals surface area contributed by atoms with Crippen molar-refractivity contribution in [3.8, 4) is 0 Å². The molecule has 2 atom stereocenters. The van der Waals surface area contributed by atoms with Crippen LogP contribution in [0.1, 0.15) is 23.1 Å². The molecular formula is C19H22Cl2N2O2. The van der Waals surface area contributed by atoms with E-state index in [2.05, 4.69) is 11.0 Å². The van der Waals surface area contributed by atoms with Crippen LogP contribution in [-0.2, 0) is 4.74 Å². The van der Waals surface area contributed by atoms with Crippen molar-refractivity contribution >= 4 is 28.9 Å². The normalized spacial score (nSPS) is 17.4. The van der Waals surface area contributed by atoms with Gasteiger partial charge in [0.2, 0.25) is 0 Å². The van der Waals surface area contributed by atoms with E-state index in [0.717, 1.165) is 43.1 Å². The van der Waals surface area contributed by atoms with Crippen molar-refractivity contribution < 1.29 is 9.84 Å². The molecule has 0 aliphatic carbocycles. The average molecular weight is 381 g/mol. The van der Waals surface area contributed by atoms with Crippen molar-refractivity contribution in [2.24, 2.45) is 5.73 Å². The number of rotatable bonds is 5. The number of benzene rings is 2. The maximum absolute atomic E-state index is 10.9. The molecule has 1 heterocycles. The van der Waals surface area contributed by atoms with Crippen LogP contribution in [0.15, 0.2) is 42.5 Å². The highest BCUT2D eigenvalue weighted by Crippen LogP contribution is 2.34. The number of nitrogens with two attached hydrogens (primary N) is 1. The number of hydrogen-bond acceptors (Lipinski definition) is 4. The van der Waals surface area contributed by atoms with Crippen LogP contribution >= 0.6 is 23.2 Å². The molecule has 4 nitrogen and oxygen atoms in total. The van der Waals surface area contributed by atoms with Gasteiger partial charge >= 0.3 is 0 Å². The van der Waals surface area contributed by atoms with E-state index in [-0.39, 0.29) is 5.92 Å². The zero-order valence-electron chi connectivity index (χ0n) is 13.9. The van der Waals surface area contributed by atoms with E-state index in [1.165, 1.54) is 0 Å². The van der Waals surface area contributed by atoms with Gasteiger partial charge < -0.3 is 20.5 Å². The minimum absolute atomic E-state index is 0.255. The Bertz CT molecular complexity index is 720. The topological polar surface area (TPSA) is 58.7 Å². The van der Waals surface area contributed by atoms with E-state index in [0.29, 0.717) is 16.6 Å². The summed E-state index contributed by atoms with van der Waals surface area (Å²) in [6.45, 7) is 3.46. The molecule has 2 unspecified atom stereocenters. The Kier molecular flexibility index (Phi) is 6.20. The third-order valence-electron chi connectivity index (χ3n) is 4.59. The summed E-state index contributed by atoms with van der Waals surface area (Å²) in [5, 5.41) is 11.9. The summed E-state index contributed by atoms with van der Waals surface area (Å²) in [6.07, 6.45) is -0.719. The van der Waals surface area contributed by atoms with Crippen LogP contribution in [0.2, 0.25) is 10.0 Å². The quantitative estimate of drug-likeness (QED) is 0.831. The van der Waals surface area contributed by atoms with Gasteiger partial charge in [-0.15, -0.1) is 0 Å². The lowest BCUT2D eigenvalue weighted by Crippen LogP contribution is -2.36. The predicted octanol–water partition coefficient (Wildman–Crippen LogP) is 3.61. The smallest absolute Gasteiger partial charge is 0.0871 e. The molecule has 6 heteroatoms. The third kappa shape index (κ3) is 4.27. The Labute approximate surface area is 158 Å². The summed E-state index contributed by atoms with van der Waals surface area (Å²) < 4.78 is 5.40. The van der Waals surface area contributed by atoms with Crippen LogP contribution < -0.4 is 10.6 Å². The zero-order chi connectivity index (χ0) is 17.8. The number of halogens is 2. The Morgan fingerprint density at radius 2 is 1.80 bits per heavy atom. The fourth-order valence-electron chi connectivity index (χ4n) is 3.15. The van der Waals surface area contributed by atoms with E-state index >= 15 is 0 Å². The molecule has 0 saturated carbocycles. The lowest BCUT2D eigenvalue weighted by Gasteiger charge is -2.30. The van der Waals surface area contributed by atoms with Gasteiger partial charge in [-0.1, -0.05) is 41.4 Å². The third-order valence-corrected chi connectivity index (χ3v) is 5.33. The van der Waals surface area contributed by atoms with Gasteiger partial charge in [-0.2, -0.15) is 0 Å². The molecule has 0 bridgehead atoms. The van der Waals surface area contributed by atoms with Crippen LogP contribution in [0.3, 0.4) is 0 Å². The standard InChI is InChI=1S/C19H22Cl2N2O2/c20-17-5-4-13(11-18(17)21)16(12-22)19(24)14-2-1-3-15(10-14)23-6-8-25-9-7-23/h1-5,10-11,16,19,24H,6-9,12,22H2. The second kappa shape index (κ2) is 8.39. The predicted molar refractivity (Wildman–Crippen MR) is 103 cm³/mol. The lowest BCUT2D eigenvalue weighted by molar-refractivity contribution is 0.122. The Balaban J connectivity index is 1.84. The number of aliphatic hydroxyl groups is 1. The van der Waals surface area contributed by atoms with Crippen LogP contribution in [-0.4, -0.2) is 38.0 Å². The van der Waals surface area contributed by atoms with Crippen LogP contribution in [0.25, 0.3) is 0 Å². The van der Waals surface area contributed by atoms with Gasteiger partial charge in [-0.25, -0.2) is 0 Å². The van der Waals surface area contributed by atoms with Crippen molar-refractivity contribution in [2.75, 3.05) is 37.7 Å². The highest BCUT2D eigenvalue weighted by atomic mass is 35.5. The first-order valence-electron chi connectivity index (χ1n) is 8.36. The van der Waals surface area contributed by atoms with Crippen LogP contribution in [0.5, 0.6) is 0 Å². The van der Waals surface area contributed by atoms with E-state index in [1.54, 1.807) is 12.1 Å². The highest BCUT2D eigenvalue weighted by Gasteiger charge is 2.23.